The van der Waals surface area contributed by atoms with Crippen LogP contribution in [0.4, 0.5) is 0 Å². The molecule has 2 aliphatic rings. The lowest BCUT2D eigenvalue weighted by atomic mass is 9.87. The topological polar surface area (TPSA) is 48.0 Å². The number of carbonyl (C=O) groups is 1. The van der Waals surface area contributed by atoms with Gasteiger partial charge < -0.3 is 19.1 Å². The summed E-state index contributed by atoms with van der Waals surface area (Å²) in [6.45, 7) is 1.01. The quantitative estimate of drug-likeness (QED) is 0.753. The maximum absolute atomic E-state index is 12.8. The summed E-state index contributed by atoms with van der Waals surface area (Å²) in [7, 11) is 3.48. The zero-order valence-electron chi connectivity index (χ0n) is 16.3. The first-order valence-corrected chi connectivity index (χ1v) is 9.67. The van der Waals surface area contributed by atoms with Crippen molar-refractivity contribution in [1.82, 2.24) is 4.90 Å². The predicted molar refractivity (Wildman–Crippen MR) is 108 cm³/mol. The molecule has 0 bridgehead atoms. The molecule has 0 fully saturated rings. The second-order valence-electron chi connectivity index (χ2n) is 7.14. The van der Waals surface area contributed by atoms with E-state index < -0.39 is 0 Å². The van der Waals surface area contributed by atoms with E-state index in [1.807, 2.05) is 30.1 Å². The number of aryl methyl sites for hydroxylation is 1. The Hall–Kier alpha value is -2.95. The molecule has 5 nitrogen and oxygen atoms in total. The summed E-state index contributed by atoms with van der Waals surface area (Å²) < 4.78 is 16.7. The Morgan fingerprint density at radius 2 is 2.04 bits per heavy atom. The monoisotopic (exact) mass is 379 g/mol. The lowest BCUT2D eigenvalue weighted by Gasteiger charge is -2.32. The maximum Gasteiger partial charge on any atom is 0.246 e. The molecule has 1 atom stereocenters. The van der Waals surface area contributed by atoms with Crippen LogP contribution in [0.3, 0.4) is 0 Å². The van der Waals surface area contributed by atoms with Crippen LogP contribution in [0.15, 0.2) is 42.5 Å². The second kappa shape index (κ2) is 7.97. The number of hydrogen-bond acceptors (Lipinski definition) is 4. The largest absolute Gasteiger partial charge is 0.493 e. The average molecular weight is 379 g/mol. The fourth-order valence-corrected chi connectivity index (χ4v) is 3.96. The molecule has 0 N–H and O–H groups in total. The van der Waals surface area contributed by atoms with E-state index in [0.29, 0.717) is 30.5 Å². The van der Waals surface area contributed by atoms with Crippen LogP contribution >= 0.6 is 0 Å². The Balaban J connectivity index is 1.53. The molecule has 146 valence electrons. The van der Waals surface area contributed by atoms with Crippen LogP contribution in [-0.2, 0) is 11.2 Å². The van der Waals surface area contributed by atoms with Crippen molar-refractivity contribution in [2.45, 2.75) is 25.3 Å². The van der Waals surface area contributed by atoms with E-state index >= 15 is 0 Å². The number of amides is 1. The second-order valence-corrected chi connectivity index (χ2v) is 7.14. The summed E-state index contributed by atoms with van der Waals surface area (Å²) in [6, 6.07) is 12.3. The van der Waals surface area contributed by atoms with E-state index in [9.17, 15) is 4.79 Å². The molecule has 1 aliphatic heterocycles. The molecule has 4 rings (SSSR count). The lowest BCUT2D eigenvalue weighted by molar-refractivity contribution is -0.127. The molecule has 28 heavy (non-hydrogen) atoms. The number of hydrogen-bond donors (Lipinski definition) is 0. The van der Waals surface area contributed by atoms with Gasteiger partial charge >= 0.3 is 0 Å². The standard InChI is InChI=1S/C23H25NO4/c1-24(19-9-5-7-17-6-3-4-8-18(17)19)22(25)11-10-16-14-20(26-2)23-21(15-16)27-12-13-28-23/h3-4,6,8,10-11,14-15,19H,5,7,9,12-13H2,1-2H3. The van der Waals surface area contributed by atoms with Crippen molar-refractivity contribution in [3.8, 4) is 17.2 Å². The maximum atomic E-state index is 12.8. The van der Waals surface area contributed by atoms with Gasteiger partial charge in [0.1, 0.15) is 13.2 Å². The van der Waals surface area contributed by atoms with Gasteiger partial charge in [0.25, 0.3) is 0 Å². The smallest absolute Gasteiger partial charge is 0.246 e. The highest BCUT2D eigenvalue weighted by Crippen LogP contribution is 2.40. The number of likely N-dealkylation sites (N-methyl/N-ethyl adjacent to an activating group) is 1. The summed E-state index contributed by atoms with van der Waals surface area (Å²) in [6.07, 6.45) is 6.59. The third-order valence-corrected chi connectivity index (χ3v) is 5.42. The summed E-state index contributed by atoms with van der Waals surface area (Å²) in [5, 5.41) is 0. The molecule has 0 saturated heterocycles. The predicted octanol–water partition coefficient (Wildman–Crippen LogP) is 4.02. The van der Waals surface area contributed by atoms with Gasteiger partial charge in [-0.05, 0) is 54.2 Å². The molecule has 5 heteroatoms. The highest BCUT2D eigenvalue weighted by molar-refractivity contribution is 5.92. The van der Waals surface area contributed by atoms with Crippen LogP contribution in [0.1, 0.15) is 35.6 Å². The molecule has 1 amide bonds. The first-order chi connectivity index (χ1) is 13.7. The zero-order chi connectivity index (χ0) is 19.5. The van der Waals surface area contributed by atoms with Crippen LogP contribution in [0.5, 0.6) is 17.2 Å². The van der Waals surface area contributed by atoms with Crippen molar-refractivity contribution < 1.29 is 19.0 Å². The average Bonchev–Trinajstić information content (AvgIpc) is 2.75. The number of rotatable bonds is 4. The zero-order valence-corrected chi connectivity index (χ0v) is 16.3. The van der Waals surface area contributed by atoms with Crippen LogP contribution in [0.25, 0.3) is 6.08 Å². The van der Waals surface area contributed by atoms with Gasteiger partial charge in [-0.3, -0.25) is 4.79 Å². The van der Waals surface area contributed by atoms with E-state index in [1.165, 1.54) is 11.1 Å². The van der Waals surface area contributed by atoms with E-state index in [-0.39, 0.29) is 11.9 Å². The van der Waals surface area contributed by atoms with Crippen LogP contribution in [-0.4, -0.2) is 38.2 Å². The van der Waals surface area contributed by atoms with Crippen molar-refractivity contribution in [2.24, 2.45) is 0 Å². The molecule has 1 unspecified atom stereocenters. The Bertz CT molecular complexity index is 888. The molecule has 0 radical (unpaired) electrons. The third-order valence-electron chi connectivity index (χ3n) is 5.42. The Kier molecular flexibility index (Phi) is 5.24. The van der Waals surface area contributed by atoms with Gasteiger partial charge in [-0.25, -0.2) is 0 Å². The van der Waals surface area contributed by atoms with Gasteiger partial charge in [0.2, 0.25) is 11.7 Å². The molecule has 0 saturated carbocycles. The SMILES string of the molecule is COc1cc(C=CC(=O)N(C)C2CCCc3ccccc32)cc2c1OCCO2. The van der Waals surface area contributed by atoms with Crippen LogP contribution in [0, 0.1) is 0 Å². The van der Waals surface area contributed by atoms with Crippen molar-refractivity contribution in [1.29, 1.82) is 0 Å². The fraction of sp³-hybridized carbons (Fsp3) is 0.348. The summed E-state index contributed by atoms with van der Waals surface area (Å²) in [4.78, 5) is 14.7. The van der Waals surface area contributed by atoms with Crippen molar-refractivity contribution in [2.75, 3.05) is 27.4 Å². The Labute approximate surface area is 165 Å². The molecule has 1 aliphatic carbocycles. The molecule has 1 heterocycles. The third kappa shape index (κ3) is 3.57. The number of methoxy groups -OCH3 is 1. The van der Waals surface area contributed by atoms with Gasteiger partial charge in [0.05, 0.1) is 13.2 Å². The van der Waals surface area contributed by atoms with E-state index in [2.05, 4.69) is 18.2 Å². The first kappa shape index (κ1) is 18.4. The molecular formula is C23H25NO4. The number of nitrogens with zero attached hydrogens (tertiary/aromatic N) is 1. The molecule has 2 aromatic carbocycles. The van der Waals surface area contributed by atoms with Gasteiger partial charge in [0, 0.05) is 13.1 Å². The highest BCUT2D eigenvalue weighted by Gasteiger charge is 2.25. The summed E-state index contributed by atoms with van der Waals surface area (Å²) in [5.41, 5.74) is 3.45. The summed E-state index contributed by atoms with van der Waals surface area (Å²) in [5.74, 6) is 1.86. The number of carbonyl (C=O) groups excluding carboxylic acids is 1. The molecule has 2 aromatic rings. The van der Waals surface area contributed by atoms with Crippen molar-refractivity contribution >= 4 is 12.0 Å². The van der Waals surface area contributed by atoms with E-state index in [0.717, 1.165) is 24.8 Å². The van der Waals surface area contributed by atoms with Crippen LogP contribution in [0.2, 0.25) is 0 Å². The Morgan fingerprint density at radius 1 is 1.21 bits per heavy atom. The minimum absolute atomic E-state index is 0.0180. The number of fused-ring (bicyclic) bond motifs is 2. The number of ether oxygens (including phenoxy) is 3. The van der Waals surface area contributed by atoms with Crippen molar-refractivity contribution in [3.63, 3.8) is 0 Å². The van der Waals surface area contributed by atoms with E-state index in [1.54, 1.807) is 19.3 Å². The fourth-order valence-electron chi connectivity index (χ4n) is 3.96. The Morgan fingerprint density at radius 3 is 2.89 bits per heavy atom. The lowest BCUT2D eigenvalue weighted by Crippen LogP contribution is -2.32. The van der Waals surface area contributed by atoms with Crippen molar-refractivity contribution in [3.05, 3.63) is 59.2 Å². The molecule has 0 spiro atoms. The highest BCUT2D eigenvalue weighted by atomic mass is 16.6. The minimum atomic E-state index is -0.0180. The van der Waals surface area contributed by atoms with Gasteiger partial charge in [-0.15, -0.1) is 0 Å². The van der Waals surface area contributed by atoms with Crippen LogP contribution < -0.4 is 14.2 Å². The molecule has 0 aromatic heterocycles. The summed E-state index contributed by atoms with van der Waals surface area (Å²) >= 11 is 0. The first-order valence-electron chi connectivity index (χ1n) is 9.67. The van der Waals surface area contributed by atoms with Gasteiger partial charge in [0.15, 0.2) is 11.5 Å². The normalized spacial score (nSPS) is 17.9. The van der Waals surface area contributed by atoms with Gasteiger partial charge in [-0.1, -0.05) is 24.3 Å². The van der Waals surface area contributed by atoms with E-state index in [4.69, 9.17) is 14.2 Å². The molecular weight excluding hydrogens is 354 g/mol. The number of benzene rings is 2. The van der Waals surface area contributed by atoms with Gasteiger partial charge in [-0.2, -0.15) is 0 Å². The minimum Gasteiger partial charge on any atom is -0.493 e.